The molecule has 2 aliphatic rings. The van der Waals surface area contributed by atoms with E-state index in [0.717, 1.165) is 12.6 Å². The lowest BCUT2D eigenvalue weighted by Crippen LogP contribution is -2.44. The van der Waals surface area contributed by atoms with E-state index in [-0.39, 0.29) is 0 Å². The highest BCUT2D eigenvalue weighted by Crippen LogP contribution is 2.27. The molecule has 3 rings (SSSR count). The number of aryl methyl sites for hydroxylation is 1. The second-order valence-electron chi connectivity index (χ2n) is 5.24. The van der Waals surface area contributed by atoms with Gasteiger partial charge in [0, 0.05) is 30.1 Å². The Hall–Kier alpha value is -0.450. The lowest BCUT2D eigenvalue weighted by atomic mass is 9.99. The minimum atomic E-state index is 0.705. The Morgan fingerprint density at radius 2 is 2.35 bits per heavy atom. The second-order valence-corrected chi connectivity index (χ2v) is 6.18. The highest BCUT2D eigenvalue weighted by Gasteiger charge is 2.34. The number of thiazole rings is 1. The summed E-state index contributed by atoms with van der Waals surface area (Å²) in [6.45, 7) is 5.73. The van der Waals surface area contributed by atoms with Gasteiger partial charge in [-0.3, -0.25) is 4.90 Å². The predicted octanol–water partition coefficient (Wildman–Crippen LogP) is 2.17. The Bertz CT molecular complexity index is 376. The Balaban J connectivity index is 1.57. The molecule has 0 radical (unpaired) electrons. The number of nitrogens with zero attached hydrogens (tertiary/aromatic N) is 2. The summed E-state index contributed by atoms with van der Waals surface area (Å²) in [7, 11) is 0. The van der Waals surface area contributed by atoms with Gasteiger partial charge in [-0.1, -0.05) is 6.42 Å². The molecule has 0 saturated carbocycles. The molecule has 3 heterocycles. The van der Waals surface area contributed by atoms with E-state index in [9.17, 15) is 0 Å². The molecule has 1 N–H and O–H groups in total. The third-order valence-corrected chi connectivity index (χ3v) is 5.16. The molecule has 0 amide bonds. The van der Waals surface area contributed by atoms with E-state index in [1.165, 1.54) is 49.3 Å². The van der Waals surface area contributed by atoms with Gasteiger partial charge in [0.1, 0.15) is 0 Å². The largest absolute Gasteiger partial charge is 0.307 e. The van der Waals surface area contributed by atoms with Crippen LogP contribution in [0.2, 0.25) is 0 Å². The first-order valence-corrected chi connectivity index (χ1v) is 7.59. The summed E-state index contributed by atoms with van der Waals surface area (Å²) in [6, 6.07) is 1.51. The van der Waals surface area contributed by atoms with Crippen LogP contribution in [0.4, 0.5) is 0 Å². The summed E-state index contributed by atoms with van der Waals surface area (Å²) in [5.41, 5.74) is 3.15. The predicted molar refractivity (Wildman–Crippen MR) is 71.3 cm³/mol. The fraction of sp³-hybridized carbons (Fsp3) is 0.769. The van der Waals surface area contributed by atoms with E-state index in [1.54, 1.807) is 11.3 Å². The van der Waals surface area contributed by atoms with Crippen molar-refractivity contribution in [2.24, 2.45) is 0 Å². The molecule has 2 unspecified atom stereocenters. The highest BCUT2D eigenvalue weighted by molar-refractivity contribution is 7.09. The molecule has 0 aromatic carbocycles. The van der Waals surface area contributed by atoms with Crippen molar-refractivity contribution in [1.82, 2.24) is 15.2 Å². The molecule has 2 saturated heterocycles. The summed E-state index contributed by atoms with van der Waals surface area (Å²) in [5, 5.41) is 3.75. The van der Waals surface area contributed by atoms with E-state index in [2.05, 4.69) is 22.1 Å². The van der Waals surface area contributed by atoms with Crippen molar-refractivity contribution >= 4 is 11.3 Å². The quantitative estimate of drug-likeness (QED) is 0.892. The van der Waals surface area contributed by atoms with E-state index >= 15 is 0 Å². The van der Waals surface area contributed by atoms with Gasteiger partial charge in [-0.25, -0.2) is 4.98 Å². The van der Waals surface area contributed by atoms with Crippen LogP contribution >= 0.6 is 11.3 Å². The first-order valence-electron chi connectivity index (χ1n) is 6.71. The molecule has 1 aromatic rings. The van der Waals surface area contributed by atoms with E-state index < -0.39 is 0 Å². The average Bonchev–Trinajstić information content (AvgIpc) is 2.93. The molecule has 0 bridgehead atoms. The molecular formula is C13H21N3S. The third-order valence-electron chi connectivity index (χ3n) is 4.23. The van der Waals surface area contributed by atoms with Crippen LogP contribution < -0.4 is 5.32 Å². The van der Waals surface area contributed by atoms with Crippen LogP contribution in [0.5, 0.6) is 0 Å². The van der Waals surface area contributed by atoms with Crippen molar-refractivity contribution in [3.8, 4) is 0 Å². The molecule has 17 heavy (non-hydrogen) atoms. The molecule has 0 aliphatic carbocycles. The van der Waals surface area contributed by atoms with Crippen LogP contribution in [0.15, 0.2) is 5.51 Å². The topological polar surface area (TPSA) is 28.2 Å². The zero-order valence-corrected chi connectivity index (χ0v) is 11.3. The number of aromatic nitrogens is 1. The molecule has 2 aliphatic heterocycles. The maximum atomic E-state index is 4.31. The Morgan fingerprint density at radius 1 is 1.41 bits per heavy atom. The van der Waals surface area contributed by atoms with Crippen molar-refractivity contribution in [2.75, 3.05) is 13.1 Å². The molecule has 94 valence electrons. The van der Waals surface area contributed by atoms with E-state index in [4.69, 9.17) is 0 Å². The van der Waals surface area contributed by atoms with Gasteiger partial charge in [-0.2, -0.15) is 0 Å². The minimum Gasteiger partial charge on any atom is -0.307 e. The molecule has 2 atom stereocenters. The third kappa shape index (κ3) is 2.39. The van der Waals surface area contributed by atoms with Crippen molar-refractivity contribution in [1.29, 1.82) is 0 Å². The van der Waals surface area contributed by atoms with Gasteiger partial charge in [0.05, 0.1) is 11.2 Å². The standard InChI is InChI=1S/C13H21N3S/c1-10-13(17-9-15-10)8-14-11-5-7-16-6-3-2-4-12(11)16/h9,11-12,14H,2-8H2,1H3. The van der Waals surface area contributed by atoms with Gasteiger partial charge in [0.25, 0.3) is 0 Å². The number of rotatable bonds is 3. The first kappa shape index (κ1) is 11.6. The van der Waals surface area contributed by atoms with Crippen molar-refractivity contribution in [3.05, 3.63) is 16.1 Å². The molecule has 0 spiro atoms. The van der Waals surface area contributed by atoms with Gasteiger partial charge in [-0.15, -0.1) is 11.3 Å². The highest BCUT2D eigenvalue weighted by atomic mass is 32.1. The summed E-state index contributed by atoms with van der Waals surface area (Å²) in [6.07, 6.45) is 5.53. The maximum Gasteiger partial charge on any atom is 0.0798 e. The van der Waals surface area contributed by atoms with Crippen LogP contribution in [0, 0.1) is 6.92 Å². The van der Waals surface area contributed by atoms with Gasteiger partial charge in [0.15, 0.2) is 0 Å². The van der Waals surface area contributed by atoms with Crippen molar-refractivity contribution in [3.63, 3.8) is 0 Å². The fourth-order valence-electron chi connectivity index (χ4n) is 3.21. The van der Waals surface area contributed by atoms with E-state index in [0.29, 0.717) is 6.04 Å². The Kier molecular flexibility index (Phi) is 3.45. The zero-order valence-electron chi connectivity index (χ0n) is 10.5. The fourth-order valence-corrected chi connectivity index (χ4v) is 3.93. The second kappa shape index (κ2) is 5.04. The maximum absolute atomic E-state index is 4.31. The zero-order chi connectivity index (χ0) is 11.7. The van der Waals surface area contributed by atoms with Gasteiger partial charge < -0.3 is 5.32 Å². The number of hydrogen-bond acceptors (Lipinski definition) is 4. The molecular weight excluding hydrogens is 230 g/mol. The van der Waals surface area contributed by atoms with Gasteiger partial charge in [-0.05, 0) is 32.7 Å². The summed E-state index contributed by atoms with van der Waals surface area (Å²) in [4.78, 5) is 8.39. The normalized spacial score (nSPS) is 29.5. The Labute approximate surface area is 107 Å². The molecule has 1 aromatic heterocycles. The van der Waals surface area contributed by atoms with Crippen LogP contribution in [0.25, 0.3) is 0 Å². The van der Waals surface area contributed by atoms with Crippen LogP contribution in [0.1, 0.15) is 36.3 Å². The van der Waals surface area contributed by atoms with Crippen LogP contribution in [0.3, 0.4) is 0 Å². The lowest BCUT2D eigenvalue weighted by molar-refractivity contribution is 0.180. The Morgan fingerprint density at radius 3 is 3.18 bits per heavy atom. The number of nitrogens with one attached hydrogen (secondary N) is 1. The monoisotopic (exact) mass is 251 g/mol. The summed E-state index contributed by atoms with van der Waals surface area (Å²) < 4.78 is 0. The van der Waals surface area contributed by atoms with Crippen LogP contribution in [-0.4, -0.2) is 35.1 Å². The van der Waals surface area contributed by atoms with Gasteiger partial charge in [0.2, 0.25) is 0 Å². The molecule has 3 nitrogen and oxygen atoms in total. The lowest BCUT2D eigenvalue weighted by Gasteiger charge is -2.32. The average molecular weight is 251 g/mol. The van der Waals surface area contributed by atoms with Gasteiger partial charge >= 0.3 is 0 Å². The SMILES string of the molecule is Cc1ncsc1CNC1CCN2CCCCC12. The first-order chi connectivity index (χ1) is 8.34. The van der Waals surface area contributed by atoms with E-state index in [1.807, 2.05) is 5.51 Å². The minimum absolute atomic E-state index is 0.705. The van der Waals surface area contributed by atoms with Crippen LogP contribution in [-0.2, 0) is 6.54 Å². The van der Waals surface area contributed by atoms with Crippen molar-refractivity contribution in [2.45, 2.75) is 51.2 Å². The number of piperidine rings is 1. The molecule has 4 heteroatoms. The number of fused-ring (bicyclic) bond motifs is 1. The van der Waals surface area contributed by atoms with Crippen molar-refractivity contribution < 1.29 is 0 Å². The number of hydrogen-bond donors (Lipinski definition) is 1. The smallest absolute Gasteiger partial charge is 0.0798 e. The molecule has 2 fully saturated rings. The summed E-state index contributed by atoms with van der Waals surface area (Å²) in [5.74, 6) is 0. The summed E-state index contributed by atoms with van der Waals surface area (Å²) >= 11 is 1.78.